The number of hydrogen-bond donors (Lipinski definition) is 3. The number of nitrogens with zero attached hydrogens (tertiary/aromatic N) is 1. The summed E-state index contributed by atoms with van der Waals surface area (Å²) in [6.45, 7) is -0.194. The van der Waals surface area contributed by atoms with Gasteiger partial charge in [0, 0.05) is 5.39 Å². The molecule has 0 bridgehead atoms. The third-order valence-electron chi connectivity index (χ3n) is 2.11. The van der Waals surface area contributed by atoms with Crippen molar-refractivity contribution in [2.45, 2.75) is 0 Å². The van der Waals surface area contributed by atoms with Gasteiger partial charge in [0.15, 0.2) is 5.69 Å². The van der Waals surface area contributed by atoms with Gasteiger partial charge in [0.2, 0.25) is 5.91 Å². The Kier molecular flexibility index (Phi) is 2.55. The van der Waals surface area contributed by atoms with Crippen LogP contribution in [0.2, 0.25) is 0 Å². The zero-order valence-electron chi connectivity index (χ0n) is 8.36. The summed E-state index contributed by atoms with van der Waals surface area (Å²) in [5, 5.41) is 9.71. The molecule has 1 heterocycles. The quantitative estimate of drug-likeness (QED) is 0.663. The minimum atomic E-state index is -0.590. The molecule has 0 saturated carbocycles. The van der Waals surface area contributed by atoms with E-state index >= 15 is 0 Å². The first kappa shape index (κ1) is 10.2. The first-order valence-electron chi connectivity index (χ1n) is 4.68. The van der Waals surface area contributed by atoms with Crippen LogP contribution < -0.4 is 11.1 Å². The van der Waals surface area contributed by atoms with E-state index in [0.29, 0.717) is 5.39 Å². The molecule has 0 atom stereocenters. The second-order valence-electron chi connectivity index (χ2n) is 3.27. The van der Waals surface area contributed by atoms with E-state index in [1.54, 1.807) is 6.07 Å². The average molecular weight is 218 g/mol. The zero-order valence-corrected chi connectivity index (χ0v) is 8.36. The Morgan fingerprint density at radius 1 is 1.38 bits per heavy atom. The number of fused-ring (bicyclic) bond motifs is 1. The highest BCUT2D eigenvalue weighted by atomic mass is 16.2. The second-order valence-corrected chi connectivity index (χ2v) is 3.27. The normalized spacial score (nSPS) is 10.2. The van der Waals surface area contributed by atoms with Crippen LogP contribution in [0.5, 0.6) is 0 Å². The van der Waals surface area contributed by atoms with Gasteiger partial charge in [-0.05, 0) is 6.07 Å². The lowest BCUT2D eigenvalue weighted by molar-refractivity contribution is -0.117. The molecule has 0 aliphatic heterocycles. The van der Waals surface area contributed by atoms with Gasteiger partial charge in [0.25, 0.3) is 5.91 Å². The van der Waals surface area contributed by atoms with Gasteiger partial charge in [0.1, 0.15) is 0 Å². The van der Waals surface area contributed by atoms with Crippen LogP contribution in [0.3, 0.4) is 0 Å². The maximum absolute atomic E-state index is 11.6. The maximum Gasteiger partial charge on any atom is 0.272 e. The summed E-state index contributed by atoms with van der Waals surface area (Å²) < 4.78 is 0. The topological polar surface area (TPSA) is 101 Å². The Bertz CT molecular complexity index is 546. The number of amides is 2. The van der Waals surface area contributed by atoms with Crippen LogP contribution in [-0.2, 0) is 4.79 Å². The summed E-state index contributed by atoms with van der Waals surface area (Å²) in [5.74, 6) is -1.01. The number of primary amides is 1. The van der Waals surface area contributed by atoms with E-state index in [4.69, 9.17) is 5.73 Å². The fraction of sp³-hybridized carbons (Fsp3) is 0.100. The summed E-state index contributed by atoms with van der Waals surface area (Å²) in [6, 6.07) is 7.24. The predicted molar refractivity (Wildman–Crippen MR) is 57.6 cm³/mol. The number of hydrogen-bond acceptors (Lipinski definition) is 3. The molecule has 0 unspecified atom stereocenters. The van der Waals surface area contributed by atoms with E-state index in [2.05, 4.69) is 15.5 Å². The Morgan fingerprint density at radius 3 is 2.88 bits per heavy atom. The first-order chi connectivity index (χ1) is 7.68. The summed E-state index contributed by atoms with van der Waals surface area (Å²) in [6.07, 6.45) is 0. The number of benzene rings is 1. The van der Waals surface area contributed by atoms with Gasteiger partial charge < -0.3 is 11.1 Å². The molecule has 82 valence electrons. The van der Waals surface area contributed by atoms with E-state index in [9.17, 15) is 9.59 Å². The summed E-state index contributed by atoms with van der Waals surface area (Å²) in [4.78, 5) is 22.1. The molecule has 6 heteroatoms. The molecule has 0 fully saturated rings. The monoisotopic (exact) mass is 218 g/mol. The van der Waals surface area contributed by atoms with Crippen LogP contribution in [0.1, 0.15) is 10.5 Å². The lowest BCUT2D eigenvalue weighted by Gasteiger charge is -1.99. The molecule has 6 nitrogen and oxygen atoms in total. The lowest BCUT2D eigenvalue weighted by atomic mass is 10.2. The van der Waals surface area contributed by atoms with Gasteiger partial charge in [0.05, 0.1) is 12.1 Å². The van der Waals surface area contributed by atoms with Crippen molar-refractivity contribution >= 4 is 22.7 Å². The van der Waals surface area contributed by atoms with Crippen LogP contribution >= 0.6 is 0 Å². The van der Waals surface area contributed by atoms with Gasteiger partial charge in [-0.2, -0.15) is 5.10 Å². The fourth-order valence-electron chi connectivity index (χ4n) is 1.39. The summed E-state index contributed by atoms with van der Waals surface area (Å²) in [5.41, 5.74) is 5.96. The number of para-hydroxylation sites is 1. The molecule has 1 aromatic heterocycles. The van der Waals surface area contributed by atoms with Crippen molar-refractivity contribution < 1.29 is 9.59 Å². The van der Waals surface area contributed by atoms with Gasteiger partial charge >= 0.3 is 0 Å². The van der Waals surface area contributed by atoms with Crippen molar-refractivity contribution in [2.24, 2.45) is 5.73 Å². The molecular formula is C10H10N4O2. The van der Waals surface area contributed by atoms with Gasteiger partial charge in [-0.25, -0.2) is 0 Å². The minimum absolute atomic E-state index is 0.194. The zero-order chi connectivity index (χ0) is 11.5. The number of nitrogens with two attached hydrogens (primary N) is 1. The highest BCUT2D eigenvalue weighted by Gasteiger charge is 2.13. The Balaban J connectivity index is 2.26. The van der Waals surface area contributed by atoms with Crippen molar-refractivity contribution in [2.75, 3.05) is 6.54 Å². The number of carbonyl (C=O) groups is 2. The van der Waals surface area contributed by atoms with Crippen LogP contribution in [0.15, 0.2) is 24.3 Å². The van der Waals surface area contributed by atoms with E-state index in [1.165, 1.54) is 0 Å². The molecule has 2 rings (SSSR count). The number of nitrogens with one attached hydrogen (secondary N) is 2. The third-order valence-corrected chi connectivity index (χ3v) is 2.11. The van der Waals surface area contributed by atoms with Gasteiger partial charge in [-0.3, -0.25) is 14.7 Å². The molecule has 0 radical (unpaired) electrons. The van der Waals surface area contributed by atoms with Gasteiger partial charge in [-0.15, -0.1) is 0 Å². The lowest BCUT2D eigenvalue weighted by Crippen LogP contribution is -2.33. The van der Waals surface area contributed by atoms with E-state index in [1.807, 2.05) is 18.2 Å². The van der Waals surface area contributed by atoms with Crippen molar-refractivity contribution in [1.82, 2.24) is 15.5 Å². The smallest absolute Gasteiger partial charge is 0.272 e. The van der Waals surface area contributed by atoms with E-state index in [-0.39, 0.29) is 12.2 Å². The fourth-order valence-corrected chi connectivity index (χ4v) is 1.39. The standard InChI is InChI=1S/C10H10N4O2/c11-8(15)5-12-10(16)9-6-3-1-2-4-7(6)13-14-9/h1-4H,5H2,(H2,11,15)(H,12,16)(H,13,14). The van der Waals surface area contributed by atoms with Crippen LogP contribution in [0.25, 0.3) is 10.9 Å². The van der Waals surface area contributed by atoms with Crippen LogP contribution in [0.4, 0.5) is 0 Å². The molecule has 0 aliphatic carbocycles. The maximum atomic E-state index is 11.6. The number of aromatic amines is 1. The second kappa shape index (κ2) is 4.01. The van der Waals surface area contributed by atoms with Crippen molar-refractivity contribution in [3.8, 4) is 0 Å². The highest BCUT2D eigenvalue weighted by Crippen LogP contribution is 2.14. The molecule has 0 spiro atoms. The number of H-pyrrole nitrogens is 1. The van der Waals surface area contributed by atoms with E-state index < -0.39 is 11.8 Å². The number of carbonyl (C=O) groups excluding carboxylic acids is 2. The number of rotatable bonds is 3. The summed E-state index contributed by atoms with van der Waals surface area (Å²) >= 11 is 0. The average Bonchev–Trinajstić information content (AvgIpc) is 2.69. The number of aromatic nitrogens is 2. The molecule has 2 aromatic rings. The molecule has 4 N–H and O–H groups in total. The first-order valence-corrected chi connectivity index (χ1v) is 4.68. The van der Waals surface area contributed by atoms with Crippen LogP contribution in [0, 0.1) is 0 Å². The molecular weight excluding hydrogens is 208 g/mol. The molecule has 1 aromatic carbocycles. The molecule has 0 saturated heterocycles. The largest absolute Gasteiger partial charge is 0.368 e. The van der Waals surface area contributed by atoms with Crippen molar-refractivity contribution in [3.05, 3.63) is 30.0 Å². The molecule has 16 heavy (non-hydrogen) atoms. The van der Waals surface area contributed by atoms with Gasteiger partial charge in [-0.1, -0.05) is 18.2 Å². The highest BCUT2D eigenvalue weighted by molar-refractivity contribution is 6.05. The third kappa shape index (κ3) is 1.85. The summed E-state index contributed by atoms with van der Waals surface area (Å²) in [7, 11) is 0. The van der Waals surface area contributed by atoms with Crippen molar-refractivity contribution in [3.63, 3.8) is 0 Å². The Hall–Kier alpha value is -2.37. The SMILES string of the molecule is NC(=O)CNC(=O)c1n[nH]c2ccccc12. The van der Waals surface area contributed by atoms with Crippen molar-refractivity contribution in [1.29, 1.82) is 0 Å². The minimum Gasteiger partial charge on any atom is -0.368 e. The van der Waals surface area contributed by atoms with E-state index in [0.717, 1.165) is 5.52 Å². The Morgan fingerprint density at radius 2 is 2.12 bits per heavy atom. The Labute approximate surface area is 90.8 Å². The van der Waals surface area contributed by atoms with Crippen LogP contribution in [-0.4, -0.2) is 28.6 Å². The predicted octanol–water partition coefficient (Wildman–Crippen LogP) is -0.222. The molecule has 0 aliphatic rings. The molecule has 2 amide bonds.